The molecule has 3 amide bonds. The summed E-state index contributed by atoms with van der Waals surface area (Å²) in [5, 5.41) is 4.86. The molecule has 7 nitrogen and oxygen atoms in total. The van der Waals surface area contributed by atoms with E-state index in [0.717, 1.165) is 0 Å². The number of carbonyl (C=O) groups excluding carboxylic acids is 2. The number of nitrogens with one attached hydrogen (secondary N) is 3. The van der Waals surface area contributed by atoms with E-state index in [9.17, 15) is 9.59 Å². The smallest absolute Gasteiger partial charge is 0.312 e. The standard InChI is InChI=1S/C8H13N5O2/c1-5(13-8(9)15)7(14)12-4-6-10-2-3-11-6/h2-3,5H,4H2,1H3,(H,10,11)(H,12,14)(H3,9,13,15). The molecule has 15 heavy (non-hydrogen) atoms. The fraction of sp³-hybridized carbons (Fsp3) is 0.375. The Kier molecular flexibility index (Phi) is 3.67. The van der Waals surface area contributed by atoms with Gasteiger partial charge in [0.25, 0.3) is 0 Å². The molecule has 0 saturated carbocycles. The number of hydrogen-bond donors (Lipinski definition) is 4. The highest BCUT2D eigenvalue weighted by molar-refractivity contribution is 5.85. The van der Waals surface area contributed by atoms with Crippen LogP contribution >= 0.6 is 0 Å². The molecule has 0 spiro atoms. The van der Waals surface area contributed by atoms with Crippen LogP contribution in [0.15, 0.2) is 12.4 Å². The van der Waals surface area contributed by atoms with E-state index in [0.29, 0.717) is 5.82 Å². The highest BCUT2D eigenvalue weighted by Crippen LogP contribution is 1.88. The van der Waals surface area contributed by atoms with Gasteiger partial charge in [-0.2, -0.15) is 0 Å². The average Bonchev–Trinajstić information content (AvgIpc) is 2.65. The Bertz CT molecular complexity index is 335. The third-order valence-corrected chi connectivity index (χ3v) is 1.74. The van der Waals surface area contributed by atoms with Crippen molar-refractivity contribution in [2.75, 3.05) is 0 Å². The summed E-state index contributed by atoms with van der Waals surface area (Å²) in [6, 6.07) is -1.38. The van der Waals surface area contributed by atoms with E-state index in [1.165, 1.54) is 0 Å². The van der Waals surface area contributed by atoms with E-state index < -0.39 is 12.1 Å². The molecule has 0 aliphatic heterocycles. The van der Waals surface area contributed by atoms with Gasteiger partial charge in [-0.1, -0.05) is 0 Å². The van der Waals surface area contributed by atoms with Crippen molar-refractivity contribution in [2.24, 2.45) is 5.73 Å². The maximum absolute atomic E-state index is 11.4. The van der Waals surface area contributed by atoms with Crippen molar-refractivity contribution in [3.63, 3.8) is 0 Å². The highest BCUT2D eigenvalue weighted by atomic mass is 16.2. The first-order valence-electron chi connectivity index (χ1n) is 4.41. The van der Waals surface area contributed by atoms with Crippen LogP contribution in [0.2, 0.25) is 0 Å². The number of primary amides is 1. The van der Waals surface area contributed by atoms with E-state index in [1.54, 1.807) is 19.3 Å². The quantitative estimate of drug-likeness (QED) is 0.516. The summed E-state index contributed by atoms with van der Waals surface area (Å²) in [5.41, 5.74) is 4.87. The molecular weight excluding hydrogens is 198 g/mol. The number of carbonyl (C=O) groups is 2. The fourth-order valence-electron chi connectivity index (χ4n) is 0.998. The van der Waals surface area contributed by atoms with Crippen molar-refractivity contribution in [1.29, 1.82) is 0 Å². The third-order valence-electron chi connectivity index (χ3n) is 1.74. The minimum Gasteiger partial charge on any atom is -0.352 e. The number of amides is 3. The van der Waals surface area contributed by atoms with E-state index in [2.05, 4.69) is 20.6 Å². The summed E-state index contributed by atoms with van der Waals surface area (Å²) >= 11 is 0. The molecule has 0 fully saturated rings. The molecule has 1 atom stereocenters. The lowest BCUT2D eigenvalue weighted by Crippen LogP contribution is -2.46. The number of imidazole rings is 1. The molecule has 1 aromatic heterocycles. The molecule has 7 heteroatoms. The Hall–Kier alpha value is -2.05. The lowest BCUT2D eigenvalue weighted by molar-refractivity contribution is -0.122. The Balaban J connectivity index is 2.32. The molecule has 0 radical (unpaired) electrons. The minimum atomic E-state index is -0.726. The van der Waals surface area contributed by atoms with Gasteiger partial charge in [-0.3, -0.25) is 4.79 Å². The first kappa shape index (κ1) is 11.0. The van der Waals surface area contributed by atoms with Gasteiger partial charge in [0.05, 0.1) is 6.54 Å². The molecule has 0 aliphatic rings. The Labute approximate surface area is 86.4 Å². The van der Waals surface area contributed by atoms with Gasteiger partial charge in [0.15, 0.2) is 0 Å². The highest BCUT2D eigenvalue weighted by Gasteiger charge is 2.13. The van der Waals surface area contributed by atoms with Gasteiger partial charge < -0.3 is 21.4 Å². The topological polar surface area (TPSA) is 113 Å². The number of nitrogens with zero attached hydrogens (tertiary/aromatic N) is 1. The van der Waals surface area contributed by atoms with Crippen molar-refractivity contribution >= 4 is 11.9 Å². The van der Waals surface area contributed by atoms with Gasteiger partial charge in [-0.15, -0.1) is 0 Å². The molecule has 0 bridgehead atoms. The van der Waals surface area contributed by atoms with E-state index in [-0.39, 0.29) is 12.5 Å². The van der Waals surface area contributed by atoms with E-state index in [4.69, 9.17) is 5.73 Å². The van der Waals surface area contributed by atoms with Crippen LogP contribution in [0.3, 0.4) is 0 Å². The van der Waals surface area contributed by atoms with Gasteiger partial charge in [0, 0.05) is 12.4 Å². The molecule has 0 aromatic carbocycles. The number of rotatable bonds is 4. The van der Waals surface area contributed by atoms with Crippen LogP contribution in [0.1, 0.15) is 12.7 Å². The lowest BCUT2D eigenvalue weighted by atomic mass is 10.3. The lowest BCUT2D eigenvalue weighted by Gasteiger charge is -2.11. The van der Waals surface area contributed by atoms with Crippen molar-refractivity contribution in [1.82, 2.24) is 20.6 Å². The van der Waals surface area contributed by atoms with Gasteiger partial charge in [0.1, 0.15) is 11.9 Å². The van der Waals surface area contributed by atoms with Crippen LogP contribution < -0.4 is 16.4 Å². The molecular formula is C8H13N5O2. The van der Waals surface area contributed by atoms with Crippen LogP contribution in [-0.2, 0) is 11.3 Å². The molecule has 82 valence electrons. The van der Waals surface area contributed by atoms with Crippen molar-refractivity contribution in [3.05, 3.63) is 18.2 Å². The predicted octanol–water partition coefficient (Wildman–Crippen LogP) is -0.917. The van der Waals surface area contributed by atoms with E-state index >= 15 is 0 Å². The maximum Gasteiger partial charge on any atom is 0.312 e. The average molecular weight is 211 g/mol. The second-order valence-corrected chi connectivity index (χ2v) is 2.98. The number of urea groups is 1. The third kappa shape index (κ3) is 3.67. The normalized spacial score (nSPS) is 11.8. The Morgan fingerprint density at radius 1 is 1.67 bits per heavy atom. The van der Waals surface area contributed by atoms with Crippen LogP contribution in [0.25, 0.3) is 0 Å². The van der Waals surface area contributed by atoms with Gasteiger partial charge in [-0.25, -0.2) is 9.78 Å². The summed E-state index contributed by atoms with van der Waals surface area (Å²) in [5.74, 6) is 0.333. The first-order chi connectivity index (χ1) is 7.09. The zero-order valence-electron chi connectivity index (χ0n) is 8.28. The maximum atomic E-state index is 11.4. The number of aromatic amines is 1. The summed E-state index contributed by atoms with van der Waals surface area (Å²) < 4.78 is 0. The molecule has 1 unspecified atom stereocenters. The number of aromatic nitrogens is 2. The summed E-state index contributed by atoms with van der Waals surface area (Å²) in [7, 11) is 0. The molecule has 1 rings (SSSR count). The second kappa shape index (κ2) is 4.99. The van der Waals surface area contributed by atoms with Gasteiger partial charge in [0.2, 0.25) is 5.91 Å². The van der Waals surface area contributed by atoms with Crippen LogP contribution in [-0.4, -0.2) is 27.9 Å². The number of hydrogen-bond acceptors (Lipinski definition) is 3. The largest absolute Gasteiger partial charge is 0.352 e. The molecule has 0 saturated heterocycles. The second-order valence-electron chi connectivity index (χ2n) is 2.98. The van der Waals surface area contributed by atoms with Gasteiger partial charge in [-0.05, 0) is 6.92 Å². The van der Waals surface area contributed by atoms with E-state index in [1.807, 2.05) is 0 Å². The molecule has 1 aromatic rings. The summed E-state index contributed by atoms with van der Waals surface area (Å²) in [6.07, 6.45) is 3.25. The predicted molar refractivity (Wildman–Crippen MR) is 52.6 cm³/mol. The monoisotopic (exact) mass is 211 g/mol. The van der Waals surface area contributed by atoms with Crippen LogP contribution in [0.5, 0.6) is 0 Å². The van der Waals surface area contributed by atoms with Crippen molar-refractivity contribution in [3.8, 4) is 0 Å². The number of H-pyrrole nitrogens is 1. The molecule has 5 N–H and O–H groups in total. The molecule has 0 aliphatic carbocycles. The molecule has 1 heterocycles. The summed E-state index contributed by atoms with van der Waals surface area (Å²) in [4.78, 5) is 28.6. The SMILES string of the molecule is CC(NC(N)=O)C(=O)NCc1ncc[nH]1. The minimum absolute atomic E-state index is 0.288. The van der Waals surface area contributed by atoms with Crippen molar-refractivity contribution < 1.29 is 9.59 Å². The summed E-state index contributed by atoms with van der Waals surface area (Å²) in [6.45, 7) is 1.83. The number of nitrogens with two attached hydrogens (primary N) is 1. The zero-order chi connectivity index (χ0) is 11.3. The Morgan fingerprint density at radius 3 is 2.93 bits per heavy atom. The van der Waals surface area contributed by atoms with Crippen molar-refractivity contribution in [2.45, 2.75) is 19.5 Å². The van der Waals surface area contributed by atoms with Crippen LogP contribution in [0, 0.1) is 0 Å². The van der Waals surface area contributed by atoms with Gasteiger partial charge >= 0.3 is 6.03 Å². The zero-order valence-corrected chi connectivity index (χ0v) is 8.28. The first-order valence-corrected chi connectivity index (χ1v) is 4.41. The Morgan fingerprint density at radius 2 is 2.40 bits per heavy atom. The fourth-order valence-corrected chi connectivity index (χ4v) is 0.998. The van der Waals surface area contributed by atoms with Crippen LogP contribution in [0.4, 0.5) is 4.79 Å².